The first-order valence-electron chi connectivity index (χ1n) is 13.5. The van der Waals surface area contributed by atoms with Crippen LogP contribution in [-0.2, 0) is 28.2 Å². The molecule has 44 heavy (non-hydrogen) atoms. The number of nitrogen functional groups attached to an aromatic ring is 1. The monoisotopic (exact) mass is 660 g/mol. The molecule has 2 saturated heterocycles. The number of aliphatic hydroxyl groups excluding tert-OH is 1. The molecular formula is C24H37N8O10PS. The molecule has 3 amide bonds. The molecule has 0 aromatic carbocycles. The molecule has 4 rings (SSSR count). The van der Waals surface area contributed by atoms with E-state index in [-0.39, 0.29) is 28.7 Å². The van der Waals surface area contributed by atoms with Crippen LogP contribution in [-0.4, -0.2) is 127 Å². The van der Waals surface area contributed by atoms with Gasteiger partial charge in [0.2, 0.25) is 11.8 Å². The van der Waals surface area contributed by atoms with Gasteiger partial charge in [-0.3, -0.25) is 23.6 Å². The molecule has 4 heterocycles. The molecule has 2 aliphatic heterocycles. The van der Waals surface area contributed by atoms with Crippen molar-refractivity contribution in [1.29, 1.82) is 0 Å². The molecule has 0 bridgehead atoms. The number of nitrogens with two attached hydrogens (primary N) is 1. The van der Waals surface area contributed by atoms with Gasteiger partial charge in [-0.25, -0.2) is 14.9 Å². The fraction of sp³-hybridized carbons (Fsp3) is 0.667. The maximum atomic E-state index is 14.1. The van der Waals surface area contributed by atoms with Gasteiger partial charge in [0.05, 0.1) is 26.1 Å². The van der Waals surface area contributed by atoms with Gasteiger partial charge in [-0.1, -0.05) is 11.4 Å². The summed E-state index contributed by atoms with van der Waals surface area (Å²) in [5.41, 5.74) is 4.28. The second-order valence-corrected chi connectivity index (χ2v) is 15.2. The minimum atomic E-state index is -4.06. The maximum Gasteiger partial charge on any atom is 0.327 e. The van der Waals surface area contributed by atoms with Gasteiger partial charge in [0.1, 0.15) is 29.9 Å². The Hall–Kier alpha value is -3.06. The van der Waals surface area contributed by atoms with E-state index in [4.69, 9.17) is 24.5 Å². The van der Waals surface area contributed by atoms with Gasteiger partial charge >= 0.3 is 18.7 Å². The van der Waals surface area contributed by atoms with E-state index in [0.29, 0.717) is 11.4 Å². The second kappa shape index (κ2) is 12.7. The molecule has 0 aliphatic carbocycles. The first kappa shape index (κ1) is 33.8. The zero-order valence-corrected chi connectivity index (χ0v) is 26.9. The standard InChI is InChI=1S/C24H37N8O10PS/c1-11(2)41-20(35)12(3)29-43(38,44-9-13-19(34)31(6)23(36)30(13)5)40-8-14-16(33)24(4,37)21(42-14)32-10-26-15-17(32)27-22(25)28-18(15)39-7/h10-14,16,21,33,37H,8-9H2,1-7H3,(H,29,38)(H2,25,27,28)/t12-,13+,14+,16+,21+,24+,43-/m0/s1. The Morgan fingerprint density at radius 1 is 1.30 bits per heavy atom. The SMILES string of the molecule is COc1nc(N)nc2c1ncn2[C@@H]1O[C@H](CO[P@@](=O)(N[C@@H](C)C(=O)OC(C)C)SC[C@@H]2C(=O)N(C)C(=O)N2C)[C@@H](O)[C@@]1(C)O. The Morgan fingerprint density at radius 2 is 1.98 bits per heavy atom. The Kier molecular flexibility index (Phi) is 9.80. The largest absolute Gasteiger partial charge is 0.479 e. The lowest BCUT2D eigenvalue weighted by Crippen LogP contribution is -2.44. The average molecular weight is 661 g/mol. The first-order valence-corrected chi connectivity index (χ1v) is 16.7. The van der Waals surface area contributed by atoms with Crippen molar-refractivity contribution < 1.29 is 47.9 Å². The molecule has 18 nitrogen and oxygen atoms in total. The first-order chi connectivity index (χ1) is 20.5. The van der Waals surface area contributed by atoms with Gasteiger partial charge < -0.3 is 39.6 Å². The van der Waals surface area contributed by atoms with Crippen LogP contribution in [0.4, 0.5) is 10.7 Å². The van der Waals surface area contributed by atoms with Crippen molar-refractivity contribution in [3.05, 3.63) is 6.33 Å². The van der Waals surface area contributed by atoms with E-state index >= 15 is 0 Å². The highest BCUT2D eigenvalue weighted by molar-refractivity contribution is 8.56. The molecule has 2 aliphatic rings. The summed E-state index contributed by atoms with van der Waals surface area (Å²) in [6.07, 6.45) is -3.16. The van der Waals surface area contributed by atoms with Gasteiger partial charge in [0.15, 0.2) is 17.4 Å². The van der Waals surface area contributed by atoms with Gasteiger partial charge in [-0.2, -0.15) is 9.97 Å². The van der Waals surface area contributed by atoms with E-state index in [2.05, 4.69) is 20.0 Å². The average Bonchev–Trinajstić information content (AvgIpc) is 3.52. The van der Waals surface area contributed by atoms with Crippen molar-refractivity contribution in [3.8, 4) is 5.88 Å². The summed E-state index contributed by atoms with van der Waals surface area (Å²) in [6.45, 7) is 1.50. The number of nitrogens with zero attached hydrogens (tertiary/aromatic N) is 6. The minimum absolute atomic E-state index is 0.0951. The van der Waals surface area contributed by atoms with Crippen molar-refractivity contribution >= 4 is 53.1 Å². The lowest BCUT2D eigenvalue weighted by molar-refractivity contribution is -0.149. The lowest BCUT2D eigenvalue weighted by Gasteiger charge is -2.27. The number of aliphatic hydroxyl groups is 2. The minimum Gasteiger partial charge on any atom is -0.479 e. The zero-order chi connectivity index (χ0) is 32.7. The topological polar surface area (TPSA) is 234 Å². The molecular weight excluding hydrogens is 623 g/mol. The number of methoxy groups -OCH3 is 1. The van der Waals surface area contributed by atoms with Crippen LogP contribution in [0.2, 0.25) is 0 Å². The van der Waals surface area contributed by atoms with Gasteiger partial charge in [-0.05, 0) is 27.7 Å². The van der Waals surface area contributed by atoms with E-state index in [1.54, 1.807) is 13.8 Å². The number of imide groups is 1. The fourth-order valence-corrected chi connectivity index (χ4v) is 8.68. The predicted octanol–water partition coefficient (Wildman–Crippen LogP) is 0.106. The fourth-order valence-electron chi connectivity index (χ4n) is 4.71. The highest BCUT2D eigenvalue weighted by Crippen LogP contribution is 2.57. The molecule has 2 aromatic rings. The van der Waals surface area contributed by atoms with Crippen LogP contribution in [0, 0.1) is 0 Å². The Bertz CT molecular complexity index is 1470. The summed E-state index contributed by atoms with van der Waals surface area (Å²) < 4.78 is 37.6. The number of nitrogens with one attached hydrogen (secondary N) is 1. The van der Waals surface area contributed by atoms with E-state index in [9.17, 15) is 29.2 Å². The smallest absolute Gasteiger partial charge is 0.327 e. The predicted molar refractivity (Wildman–Crippen MR) is 156 cm³/mol. The van der Waals surface area contributed by atoms with Crippen molar-refractivity contribution in [1.82, 2.24) is 34.4 Å². The van der Waals surface area contributed by atoms with Crippen molar-refractivity contribution in [3.63, 3.8) is 0 Å². The van der Waals surface area contributed by atoms with Crippen LogP contribution >= 0.6 is 18.1 Å². The third-order valence-corrected chi connectivity index (χ3v) is 11.2. The number of imidazole rings is 1. The maximum absolute atomic E-state index is 14.1. The normalized spacial score (nSPS) is 27.8. The molecule has 2 fully saturated rings. The summed E-state index contributed by atoms with van der Waals surface area (Å²) in [6, 6.07) is -2.56. The number of urea groups is 1. The number of fused-ring (bicyclic) bond motifs is 1. The molecule has 2 aromatic heterocycles. The summed E-state index contributed by atoms with van der Waals surface area (Å²) in [7, 11) is 4.16. The number of esters is 1. The van der Waals surface area contributed by atoms with Crippen LogP contribution in [0.1, 0.15) is 33.9 Å². The molecule has 0 unspecified atom stereocenters. The second-order valence-electron chi connectivity index (χ2n) is 10.8. The highest BCUT2D eigenvalue weighted by Gasteiger charge is 2.54. The number of ether oxygens (including phenoxy) is 3. The molecule has 5 N–H and O–H groups in total. The number of likely N-dealkylation sites (N-methyl/N-ethyl adjacent to an activating group) is 2. The lowest BCUT2D eigenvalue weighted by atomic mass is 9.96. The zero-order valence-electron chi connectivity index (χ0n) is 25.2. The Balaban J connectivity index is 1.55. The van der Waals surface area contributed by atoms with Gasteiger partial charge in [0, 0.05) is 19.8 Å². The summed E-state index contributed by atoms with van der Waals surface area (Å²) in [4.78, 5) is 51.9. The van der Waals surface area contributed by atoms with Crippen molar-refractivity contribution in [2.24, 2.45) is 0 Å². The number of hydrogen-bond donors (Lipinski definition) is 4. The third kappa shape index (κ3) is 6.49. The number of hydrogen-bond acceptors (Lipinski definition) is 15. The van der Waals surface area contributed by atoms with Crippen LogP contribution in [0.3, 0.4) is 0 Å². The van der Waals surface area contributed by atoms with Crippen molar-refractivity contribution in [2.75, 3.05) is 39.3 Å². The van der Waals surface area contributed by atoms with Crippen LogP contribution in [0.15, 0.2) is 6.33 Å². The van der Waals surface area contributed by atoms with Crippen LogP contribution < -0.4 is 15.6 Å². The molecule has 0 spiro atoms. The van der Waals surface area contributed by atoms with Crippen LogP contribution in [0.5, 0.6) is 5.88 Å². The number of carbonyl (C=O) groups is 3. The third-order valence-electron chi connectivity index (χ3n) is 7.15. The van der Waals surface area contributed by atoms with E-state index in [1.165, 1.54) is 50.8 Å². The molecule has 244 valence electrons. The van der Waals surface area contributed by atoms with E-state index in [0.717, 1.165) is 4.90 Å². The molecule has 20 heteroatoms. The summed E-state index contributed by atoms with van der Waals surface area (Å²) in [5.74, 6) is -1.36. The quantitative estimate of drug-likeness (QED) is 0.134. The molecule has 0 radical (unpaired) electrons. The molecule has 7 atom stereocenters. The van der Waals surface area contributed by atoms with Gasteiger partial charge in [0.25, 0.3) is 5.91 Å². The number of amides is 3. The highest BCUT2D eigenvalue weighted by atomic mass is 32.7. The van der Waals surface area contributed by atoms with E-state index in [1.807, 2.05) is 0 Å². The number of anilines is 1. The van der Waals surface area contributed by atoms with Crippen LogP contribution in [0.25, 0.3) is 11.2 Å². The summed E-state index contributed by atoms with van der Waals surface area (Å²) >= 11 is 0.701. The van der Waals surface area contributed by atoms with Crippen molar-refractivity contribution in [2.45, 2.75) is 69.9 Å². The number of rotatable bonds is 12. The van der Waals surface area contributed by atoms with Gasteiger partial charge in [-0.15, -0.1) is 0 Å². The number of aromatic nitrogens is 4. The number of carbonyl (C=O) groups excluding carboxylic acids is 3. The van der Waals surface area contributed by atoms with E-state index < -0.39 is 73.5 Å². The molecule has 0 saturated carbocycles. The Morgan fingerprint density at radius 3 is 2.57 bits per heavy atom. The summed E-state index contributed by atoms with van der Waals surface area (Å²) in [5, 5.41) is 25.0. The Labute approximate surface area is 256 Å².